The fourth-order valence-electron chi connectivity index (χ4n) is 3.47. The lowest BCUT2D eigenvalue weighted by atomic mass is 10.2. The molecule has 1 saturated heterocycles. The molecule has 1 amide bonds. The number of anilines is 1. The number of aromatic nitrogens is 2. The van der Waals surface area contributed by atoms with Crippen molar-refractivity contribution in [3.05, 3.63) is 53.4 Å². The summed E-state index contributed by atoms with van der Waals surface area (Å²) < 4.78 is 10.4. The molecule has 8 nitrogen and oxygen atoms in total. The molecule has 31 heavy (non-hydrogen) atoms. The molecule has 4 rings (SSSR count). The number of esters is 1. The van der Waals surface area contributed by atoms with Gasteiger partial charge < -0.3 is 19.0 Å². The van der Waals surface area contributed by atoms with Crippen molar-refractivity contribution in [2.45, 2.75) is 19.8 Å². The predicted molar refractivity (Wildman–Crippen MR) is 117 cm³/mol. The number of ether oxygens (including phenoxy) is 1. The number of rotatable bonds is 6. The third-order valence-corrected chi connectivity index (χ3v) is 5.95. The van der Waals surface area contributed by atoms with Gasteiger partial charge in [0, 0.05) is 37.8 Å². The van der Waals surface area contributed by atoms with Crippen LogP contribution in [0.15, 0.2) is 46.5 Å². The second-order valence-corrected chi connectivity index (χ2v) is 8.00. The number of pyridine rings is 1. The molecule has 4 heterocycles. The maximum Gasteiger partial charge on any atom is 0.339 e. The lowest BCUT2D eigenvalue weighted by Gasteiger charge is -2.22. The molecule has 0 aliphatic carbocycles. The number of carbonyl (C=O) groups is 2. The van der Waals surface area contributed by atoms with Gasteiger partial charge in [0.25, 0.3) is 0 Å². The molecule has 1 fully saturated rings. The van der Waals surface area contributed by atoms with Gasteiger partial charge in [-0.15, -0.1) is 11.3 Å². The smallest absolute Gasteiger partial charge is 0.339 e. The Bertz CT molecular complexity index is 1020. The normalized spacial score (nSPS) is 14.4. The van der Waals surface area contributed by atoms with E-state index in [9.17, 15) is 9.59 Å². The number of furan rings is 1. The van der Waals surface area contributed by atoms with Crippen LogP contribution < -0.4 is 4.90 Å². The maximum atomic E-state index is 12.8. The van der Waals surface area contributed by atoms with Gasteiger partial charge in [-0.05, 0) is 37.6 Å². The Labute approximate surface area is 184 Å². The van der Waals surface area contributed by atoms with Crippen LogP contribution in [0.5, 0.6) is 0 Å². The van der Waals surface area contributed by atoms with E-state index in [2.05, 4.69) is 14.9 Å². The number of carbonyl (C=O) groups excluding carboxylic acids is 2. The second-order valence-electron chi connectivity index (χ2n) is 7.15. The molecule has 1 aliphatic heterocycles. The standard InChI is InChI=1S/C22H24N4O4S/c1-2-29-22(28)16-6-7-19(23-14-16)25-8-4-9-26(11-10-25)20(27)13-17-15-31-21(24-17)18-5-3-12-30-18/h3,5-7,12,14-15H,2,4,8-11,13H2,1H3. The molecule has 3 aromatic rings. The van der Waals surface area contributed by atoms with Crippen molar-refractivity contribution >= 4 is 29.0 Å². The summed E-state index contributed by atoms with van der Waals surface area (Å²) in [5, 5.41) is 2.70. The molecule has 0 unspecified atom stereocenters. The molecule has 0 saturated carbocycles. The second kappa shape index (κ2) is 9.74. The predicted octanol–water partition coefficient (Wildman–Crippen LogP) is 3.26. The molecule has 0 spiro atoms. The van der Waals surface area contributed by atoms with Gasteiger partial charge in [0.15, 0.2) is 10.8 Å². The molecule has 0 N–H and O–H groups in total. The summed E-state index contributed by atoms with van der Waals surface area (Å²) in [5.41, 5.74) is 1.20. The molecular weight excluding hydrogens is 416 g/mol. The first-order chi connectivity index (χ1) is 15.1. The van der Waals surface area contributed by atoms with E-state index in [0.717, 1.165) is 35.2 Å². The lowest BCUT2D eigenvalue weighted by Crippen LogP contribution is -2.36. The van der Waals surface area contributed by atoms with Crippen LogP contribution in [-0.4, -0.2) is 59.5 Å². The highest BCUT2D eigenvalue weighted by Crippen LogP contribution is 2.24. The third kappa shape index (κ3) is 5.11. The van der Waals surface area contributed by atoms with E-state index in [4.69, 9.17) is 9.15 Å². The van der Waals surface area contributed by atoms with Crippen molar-refractivity contribution in [3.8, 4) is 10.8 Å². The van der Waals surface area contributed by atoms with Gasteiger partial charge in [-0.2, -0.15) is 0 Å². The number of amides is 1. The Balaban J connectivity index is 1.33. The van der Waals surface area contributed by atoms with E-state index < -0.39 is 0 Å². The van der Waals surface area contributed by atoms with Gasteiger partial charge in [-0.25, -0.2) is 14.8 Å². The largest absolute Gasteiger partial charge is 0.462 e. The summed E-state index contributed by atoms with van der Waals surface area (Å²) in [6, 6.07) is 7.24. The Kier molecular flexibility index (Phi) is 6.61. The molecule has 162 valence electrons. The molecule has 0 bridgehead atoms. The average Bonchev–Trinajstić information content (AvgIpc) is 3.41. The number of hydrogen-bond donors (Lipinski definition) is 0. The summed E-state index contributed by atoms with van der Waals surface area (Å²) in [4.78, 5) is 37.6. The molecule has 9 heteroatoms. The Morgan fingerprint density at radius 2 is 2.10 bits per heavy atom. The van der Waals surface area contributed by atoms with Crippen LogP contribution in [0, 0.1) is 0 Å². The van der Waals surface area contributed by atoms with E-state index >= 15 is 0 Å². The van der Waals surface area contributed by atoms with Gasteiger partial charge in [-0.3, -0.25) is 4.79 Å². The maximum absolute atomic E-state index is 12.8. The summed E-state index contributed by atoms with van der Waals surface area (Å²) >= 11 is 1.48. The van der Waals surface area contributed by atoms with E-state index in [1.165, 1.54) is 11.3 Å². The van der Waals surface area contributed by atoms with E-state index in [-0.39, 0.29) is 18.3 Å². The SMILES string of the molecule is CCOC(=O)c1ccc(N2CCCN(C(=O)Cc3csc(-c4ccco4)n3)CC2)nc1. The van der Waals surface area contributed by atoms with Crippen LogP contribution in [0.1, 0.15) is 29.4 Å². The summed E-state index contributed by atoms with van der Waals surface area (Å²) in [7, 11) is 0. The van der Waals surface area contributed by atoms with Crippen LogP contribution in [0.3, 0.4) is 0 Å². The van der Waals surface area contributed by atoms with E-state index in [0.29, 0.717) is 31.8 Å². The highest BCUT2D eigenvalue weighted by atomic mass is 32.1. The van der Waals surface area contributed by atoms with Crippen molar-refractivity contribution in [2.24, 2.45) is 0 Å². The van der Waals surface area contributed by atoms with Gasteiger partial charge in [0.1, 0.15) is 5.82 Å². The highest BCUT2D eigenvalue weighted by molar-refractivity contribution is 7.13. The summed E-state index contributed by atoms with van der Waals surface area (Å²) in [6.07, 6.45) is 4.29. The molecule has 0 radical (unpaired) electrons. The minimum atomic E-state index is -0.369. The average molecular weight is 441 g/mol. The fraction of sp³-hybridized carbons (Fsp3) is 0.364. The highest BCUT2D eigenvalue weighted by Gasteiger charge is 2.21. The van der Waals surface area contributed by atoms with Gasteiger partial charge in [-0.1, -0.05) is 0 Å². The van der Waals surface area contributed by atoms with E-state index in [1.54, 1.807) is 25.5 Å². The minimum Gasteiger partial charge on any atom is -0.462 e. The van der Waals surface area contributed by atoms with Crippen molar-refractivity contribution < 1.29 is 18.7 Å². The number of nitrogens with zero attached hydrogens (tertiary/aromatic N) is 4. The Morgan fingerprint density at radius 1 is 1.19 bits per heavy atom. The molecule has 0 aromatic carbocycles. The first-order valence-electron chi connectivity index (χ1n) is 10.3. The van der Waals surface area contributed by atoms with E-state index in [1.807, 2.05) is 28.5 Å². The van der Waals surface area contributed by atoms with Crippen molar-refractivity contribution in [1.82, 2.24) is 14.9 Å². The number of thiazole rings is 1. The Hall–Kier alpha value is -3.20. The topological polar surface area (TPSA) is 88.8 Å². The van der Waals surface area contributed by atoms with Crippen molar-refractivity contribution in [3.63, 3.8) is 0 Å². The molecule has 1 aliphatic rings. The molecular formula is C22H24N4O4S. The van der Waals surface area contributed by atoms with Crippen LogP contribution in [0.4, 0.5) is 5.82 Å². The van der Waals surface area contributed by atoms with Gasteiger partial charge >= 0.3 is 5.97 Å². The zero-order valence-electron chi connectivity index (χ0n) is 17.3. The van der Waals surface area contributed by atoms with Gasteiger partial charge in [0.2, 0.25) is 5.91 Å². The molecule has 3 aromatic heterocycles. The van der Waals surface area contributed by atoms with Crippen molar-refractivity contribution in [1.29, 1.82) is 0 Å². The van der Waals surface area contributed by atoms with Crippen LogP contribution in [0.25, 0.3) is 10.8 Å². The fourth-order valence-corrected chi connectivity index (χ4v) is 4.26. The van der Waals surface area contributed by atoms with Crippen LogP contribution in [-0.2, 0) is 16.0 Å². The third-order valence-electron chi connectivity index (χ3n) is 5.05. The summed E-state index contributed by atoms with van der Waals surface area (Å²) in [5.74, 6) is 1.22. The van der Waals surface area contributed by atoms with Crippen molar-refractivity contribution in [2.75, 3.05) is 37.7 Å². The molecule has 0 atom stereocenters. The van der Waals surface area contributed by atoms with Crippen LogP contribution in [0.2, 0.25) is 0 Å². The van der Waals surface area contributed by atoms with Crippen LogP contribution >= 0.6 is 11.3 Å². The minimum absolute atomic E-state index is 0.0729. The Morgan fingerprint density at radius 3 is 2.84 bits per heavy atom. The first kappa shape index (κ1) is 21.0. The number of hydrogen-bond acceptors (Lipinski definition) is 8. The zero-order valence-corrected chi connectivity index (χ0v) is 18.1. The monoisotopic (exact) mass is 440 g/mol. The summed E-state index contributed by atoms with van der Waals surface area (Å²) in [6.45, 7) is 4.92. The van der Waals surface area contributed by atoms with Gasteiger partial charge in [0.05, 0.1) is 30.5 Å². The zero-order chi connectivity index (χ0) is 21.6. The lowest BCUT2D eigenvalue weighted by molar-refractivity contribution is -0.130. The quantitative estimate of drug-likeness (QED) is 0.544. The first-order valence-corrected chi connectivity index (χ1v) is 11.2.